The summed E-state index contributed by atoms with van der Waals surface area (Å²) in [5.74, 6) is 0.874. The lowest BCUT2D eigenvalue weighted by molar-refractivity contribution is -0.166. The Balaban J connectivity index is 1.68. The van der Waals surface area contributed by atoms with Gasteiger partial charge in [0.2, 0.25) is 0 Å². The molecule has 0 spiro atoms. The van der Waals surface area contributed by atoms with Gasteiger partial charge in [0.15, 0.2) is 11.9 Å². The minimum absolute atomic E-state index is 0.117. The highest BCUT2D eigenvalue weighted by molar-refractivity contribution is 5.91. The lowest BCUT2D eigenvalue weighted by atomic mass is 9.45. The molecule has 2 N–H and O–H groups in total. The van der Waals surface area contributed by atoms with Gasteiger partial charge in [-0.1, -0.05) is 26.3 Å². The fourth-order valence-corrected chi connectivity index (χ4v) is 7.58. The van der Waals surface area contributed by atoms with Gasteiger partial charge in [0.1, 0.15) is 0 Å². The summed E-state index contributed by atoms with van der Waals surface area (Å²) in [6.45, 7) is 6.61. The van der Waals surface area contributed by atoms with E-state index in [1.54, 1.807) is 0 Å². The highest BCUT2D eigenvalue weighted by atomic mass is 16.4. The summed E-state index contributed by atoms with van der Waals surface area (Å²) in [6, 6.07) is 0. The molecule has 4 aliphatic rings. The first-order chi connectivity index (χ1) is 12.1. The molecular formula is C22H32O4. The van der Waals surface area contributed by atoms with Crippen molar-refractivity contribution in [1.82, 2.24) is 0 Å². The summed E-state index contributed by atoms with van der Waals surface area (Å²) in [5, 5.41) is 20.0. The summed E-state index contributed by atoms with van der Waals surface area (Å²) in [5.41, 5.74) is 0.842. The Kier molecular flexibility index (Phi) is 3.97. The zero-order valence-electron chi connectivity index (χ0n) is 16.3. The minimum atomic E-state index is -1.28. The molecule has 0 unspecified atom stereocenters. The molecule has 0 aromatic rings. The second-order valence-corrected chi connectivity index (χ2v) is 10.1. The average molecular weight is 360 g/mol. The molecule has 7 atom stereocenters. The number of carbonyl (C=O) groups excluding carboxylic acids is 1. The van der Waals surface area contributed by atoms with E-state index in [1.807, 2.05) is 13.0 Å². The molecule has 0 aliphatic heterocycles. The van der Waals surface area contributed by atoms with Crippen molar-refractivity contribution in [2.75, 3.05) is 0 Å². The number of aliphatic hydroxyl groups is 1. The van der Waals surface area contributed by atoms with Gasteiger partial charge in [-0.25, -0.2) is 4.79 Å². The molecule has 144 valence electrons. The van der Waals surface area contributed by atoms with Crippen LogP contribution in [0.15, 0.2) is 11.6 Å². The van der Waals surface area contributed by atoms with E-state index in [0.29, 0.717) is 24.2 Å². The molecule has 4 aliphatic carbocycles. The van der Waals surface area contributed by atoms with Gasteiger partial charge in [-0.05, 0) is 79.6 Å². The van der Waals surface area contributed by atoms with Crippen LogP contribution in [0, 0.1) is 34.0 Å². The zero-order valence-corrected chi connectivity index (χ0v) is 16.3. The number of hydrogen-bond acceptors (Lipinski definition) is 3. The summed E-state index contributed by atoms with van der Waals surface area (Å²) in [4.78, 5) is 23.5. The van der Waals surface area contributed by atoms with Gasteiger partial charge >= 0.3 is 5.97 Å². The molecule has 0 bridgehead atoms. The highest BCUT2D eigenvalue weighted by Crippen LogP contribution is 2.70. The molecule has 26 heavy (non-hydrogen) atoms. The Bertz CT molecular complexity index is 682. The third kappa shape index (κ3) is 2.17. The number of carboxylic acid groups (broad SMARTS) is 1. The number of carbonyl (C=O) groups is 2. The van der Waals surface area contributed by atoms with Crippen LogP contribution < -0.4 is 0 Å². The largest absolute Gasteiger partial charge is 0.479 e. The maximum Gasteiger partial charge on any atom is 0.333 e. The Hall–Kier alpha value is -1.16. The maximum atomic E-state index is 11.9. The normalized spacial score (nSPS) is 48.8. The minimum Gasteiger partial charge on any atom is -0.479 e. The molecule has 0 heterocycles. The summed E-state index contributed by atoms with van der Waals surface area (Å²) >= 11 is 0. The lowest BCUT2D eigenvalue weighted by Crippen LogP contribution is -2.55. The smallest absolute Gasteiger partial charge is 0.333 e. The lowest BCUT2D eigenvalue weighted by Gasteiger charge is -2.60. The van der Waals surface area contributed by atoms with E-state index in [9.17, 15) is 19.8 Å². The third-order valence-corrected chi connectivity index (χ3v) is 9.47. The van der Waals surface area contributed by atoms with E-state index < -0.39 is 17.5 Å². The molecule has 3 saturated carbocycles. The Morgan fingerprint density at radius 2 is 1.77 bits per heavy atom. The van der Waals surface area contributed by atoms with Gasteiger partial charge in [-0.15, -0.1) is 0 Å². The number of hydrogen-bond donors (Lipinski definition) is 2. The number of ketones is 1. The number of carboxylic acids is 1. The van der Waals surface area contributed by atoms with Crippen molar-refractivity contribution < 1.29 is 19.8 Å². The second kappa shape index (κ2) is 5.67. The van der Waals surface area contributed by atoms with Crippen LogP contribution in [0.1, 0.15) is 72.1 Å². The van der Waals surface area contributed by atoms with Gasteiger partial charge in [0.25, 0.3) is 0 Å². The van der Waals surface area contributed by atoms with Crippen LogP contribution >= 0.6 is 0 Å². The summed E-state index contributed by atoms with van der Waals surface area (Å²) in [6.07, 6.45) is 8.29. The fraction of sp³-hybridized carbons (Fsp3) is 0.818. The first kappa shape index (κ1) is 18.2. The Morgan fingerprint density at radius 3 is 2.46 bits per heavy atom. The van der Waals surface area contributed by atoms with Crippen LogP contribution in [0.3, 0.4) is 0 Å². The summed E-state index contributed by atoms with van der Waals surface area (Å²) in [7, 11) is 0. The first-order valence-corrected chi connectivity index (χ1v) is 10.3. The molecule has 3 fully saturated rings. The van der Waals surface area contributed by atoms with E-state index in [0.717, 1.165) is 44.9 Å². The van der Waals surface area contributed by atoms with E-state index in [4.69, 9.17) is 0 Å². The SMILES string of the molecule is C[C@]12CCC(=O)C=C1CC[C@@H]1[C@@H]2CC[C@@]2(C)[C@H]1CC[C@]2(C)[C@H](O)C(=O)O. The van der Waals surface area contributed by atoms with E-state index in [2.05, 4.69) is 13.8 Å². The fourth-order valence-electron chi connectivity index (χ4n) is 7.58. The van der Waals surface area contributed by atoms with Gasteiger partial charge in [-0.3, -0.25) is 4.79 Å². The molecule has 4 nitrogen and oxygen atoms in total. The Morgan fingerprint density at radius 1 is 1.08 bits per heavy atom. The second-order valence-electron chi connectivity index (χ2n) is 10.1. The molecule has 4 heteroatoms. The quantitative estimate of drug-likeness (QED) is 0.781. The number of aliphatic carboxylic acids is 1. The first-order valence-electron chi connectivity index (χ1n) is 10.3. The number of rotatable bonds is 2. The van der Waals surface area contributed by atoms with Crippen molar-refractivity contribution >= 4 is 11.8 Å². The average Bonchev–Trinajstić information content (AvgIpc) is 2.87. The van der Waals surface area contributed by atoms with E-state index >= 15 is 0 Å². The molecule has 0 amide bonds. The molecular weight excluding hydrogens is 328 g/mol. The van der Waals surface area contributed by atoms with Crippen LogP contribution in [0.4, 0.5) is 0 Å². The summed E-state index contributed by atoms with van der Waals surface area (Å²) < 4.78 is 0. The maximum absolute atomic E-state index is 11.9. The molecule has 0 aromatic carbocycles. The van der Waals surface area contributed by atoms with Crippen LogP contribution in [-0.2, 0) is 9.59 Å². The van der Waals surface area contributed by atoms with Gasteiger partial charge in [-0.2, -0.15) is 0 Å². The van der Waals surface area contributed by atoms with Crippen LogP contribution in [0.2, 0.25) is 0 Å². The number of allylic oxidation sites excluding steroid dienone is 1. The van der Waals surface area contributed by atoms with Gasteiger partial charge < -0.3 is 10.2 Å². The van der Waals surface area contributed by atoms with Gasteiger partial charge in [0, 0.05) is 11.8 Å². The zero-order chi connectivity index (χ0) is 18.9. The van der Waals surface area contributed by atoms with Crippen molar-refractivity contribution in [3.63, 3.8) is 0 Å². The molecule has 4 rings (SSSR count). The van der Waals surface area contributed by atoms with Crippen molar-refractivity contribution in [2.45, 2.75) is 78.2 Å². The standard InChI is InChI=1S/C22H32O4/c1-20-9-6-14(23)12-13(20)4-5-15-16(20)7-10-21(2)17(15)8-11-22(21,3)18(24)19(25)26/h12,15-18,24H,4-11H2,1-3H3,(H,25,26)/t15-,16+,17+,18-,20+,21+,22-/m1/s1. The van der Waals surface area contributed by atoms with E-state index in [-0.39, 0.29) is 16.6 Å². The van der Waals surface area contributed by atoms with Crippen LogP contribution in [-0.4, -0.2) is 28.1 Å². The molecule has 0 aromatic heterocycles. The van der Waals surface area contributed by atoms with Crippen LogP contribution in [0.5, 0.6) is 0 Å². The molecule has 0 radical (unpaired) electrons. The monoisotopic (exact) mass is 360 g/mol. The number of fused-ring (bicyclic) bond motifs is 5. The van der Waals surface area contributed by atoms with E-state index in [1.165, 1.54) is 5.57 Å². The number of aliphatic hydroxyl groups excluding tert-OH is 1. The topological polar surface area (TPSA) is 74.6 Å². The third-order valence-electron chi connectivity index (χ3n) is 9.47. The van der Waals surface area contributed by atoms with Crippen molar-refractivity contribution in [3.05, 3.63) is 11.6 Å². The van der Waals surface area contributed by atoms with Crippen LogP contribution in [0.25, 0.3) is 0 Å². The Labute approximate surface area is 156 Å². The predicted molar refractivity (Wildman–Crippen MR) is 98.5 cm³/mol. The van der Waals surface area contributed by atoms with Crippen molar-refractivity contribution in [3.8, 4) is 0 Å². The van der Waals surface area contributed by atoms with Gasteiger partial charge in [0.05, 0.1) is 0 Å². The predicted octanol–water partition coefficient (Wildman–Crippen LogP) is 3.97. The highest BCUT2D eigenvalue weighted by Gasteiger charge is 2.65. The van der Waals surface area contributed by atoms with Crippen molar-refractivity contribution in [1.29, 1.82) is 0 Å². The molecule has 0 saturated heterocycles. The van der Waals surface area contributed by atoms with Crippen molar-refractivity contribution in [2.24, 2.45) is 34.0 Å².